The second kappa shape index (κ2) is 8.51. The van der Waals surface area contributed by atoms with Crippen LogP contribution in [-0.4, -0.2) is 30.7 Å². The molecule has 0 saturated carbocycles. The summed E-state index contributed by atoms with van der Waals surface area (Å²) >= 11 is 0. The zero-order chi connectivity index (χ0) is 23.7. The Morgan fingerprint density at radius 2 is 1.59 bits per heavy atom. The summed E-state index contributed by atoms with van der Waals surface area (Å²) in [5.74, 6) is 0.441. The van der Waals surface area contributed by atoms with Crippen molar-refractivity contribution in [1.29, 1.82) is 0 Å². The van der Waals surface area contributed by atoms with Gasteiger partial charge < -0.3 is 5.32 Å². The third kappa shape index (κ3) is 4.28. The number of nitrogens with one attached hydrogen (secondary N) is 1. The molecule has 3 heterocycles. The average Bonchev–Trinajstić information content (AvgIpc) is 3.28. The molecule has 2 aromatic carbocycles. The van der Waals surface area contributed by atoms with Crippen molar-refractivity contribution >= 4 is 17.2 Å². The topological polar surface area (TPSA) is 85.1 Å². The molecule has 0 spiro atoms. The lowest BCUT2D eigenvalue weighted by Gasteiger charge is -2.19. The van der Waals surface area contributed by atoms with Crippen molar-refractivity contribution in [3.63, 3.8) is 0 Å². The average molecular weight is 449 g/mol. The highest BCUT2D eigenvalue weighted by molar-refractivity contribution is 6.04. The van der Waals surface area contributed by atoms with Crippen LogP contribution in [0.25, 0.3) is 28.4 Å². The van der Waals surface area contributed by atoms with Crippen LogP contribution in [0.4, 0.5) is 5.69 Å². The van der Waals surface area contributed by atoms with Gasteiger partial charge in [-0.25, -0.2) is 0 Å². The van der Waals surface area contributed by atoms with E-state index >= 15 is 0 Å². The summed E-state index contributed by atoms with van der Waals surface area (Å²) < 4.78 is 1.69. The van der Waals surface area contributed by atoms with E-state index in [-0.39, 0.29) is 11.3 Å². The van der Waals surface area contributed by atoms with Gasteiger partial charge in [-0.3, -0.25) is 9.78 Å². The van der Waals surface area contributed by atoms with Crippen LogP contribution in [0.5, 0.6) is 0 Å². The maximum absolute atomic E-state index is 12.7. The number of anilines is 1. The smallest absolute Gasteiger partial charge is 0.255 e. The number of benzene rings is 2. The van der Waals surface area contributed by atoms with E-state index in [4.69, 9.17) is 5.10 Å². The second-order valence-corrected chi connectivity index (χ2v) is 9.09. The molecule has 34 heavy (non-hydrogen) atoms. The summed E-state index contributed by atoms with van der Waals surface area (Å²) in [6, 6.07) is 24.7. The molecule has 5 aromatic rings. The minimum atomic E-state index is -0.141. The van der Waals surface area contributed by atoms with Crippen LogP contribution >= 0.6 is 0 Å². The zero-order valence-corrected chi connectivity index (χ0v) is 19.2. The molecule has 0 aliphatic rings. The number of amides is 1. The van der Waals surface area contributed by atoms with Gasteiger partial charge in [0.15, 0.2) is 5.65 Å². The first-order valence-electron chi connectivity index (χ1n) is 11.0. The molecule has 3 aromatic heterocycles. The van der Waals surface area contributed by atoms with E-state index in [1.807, 2.05) is 78.9 Å². The number of pyridine rings is 1. The van der Waals surface area contributed by atoms with Crippen LogP contribution in [0, 0.1) is 0 Å². The van der Waals surface area contributed by atoms with Crippen LogP contribution in [0.1, 0.15) is 36.7 Å². The lowest BCUT2D eigenvalue weighted by molar-refractivity contribution is 0.102. The third-order valence-electron chi connectivity index (χ3n) is 5.61. The van der Waals surface area contributed by atoms with Crippen LogP contribution in [0.2, 0.25) is 0 Å². The summed E-state index contributed by atoms with van der Waals surface area (Å²) in [6.45, 7) is 6.46. The van der Waals surface area contributed by atoms with Gasteiger partial charge in [-0.2, -0.15) is 9.61 Å². The Morgan fingerprint density at radius 1 is 0.824 bits per heavy atom. The standard InChI is InChI=1S/C27H24N6O/c1-27(2,3)20-11-7-19(8-12-20)26(34)29-21-13-9-18(10-14-21)22-15-16-24-30-31-25(33(24)32-22)23-6-4-5-17-28-23/h4-17H,1-3H3,(H,29,34). The van der Waals surface area contributed by atoms with E-state index in [9.17, 15) is 4.79 Å². The predicted octanol–water partition coefficient (Wildman–Crippen LogP) is 5.40. The summed E-state index contributed by atoms with van der Waals surface area (Å²) in [5, 5.41) is 16.1. The number of hydrogen-bond donors (Lipinski definition) is 1. The maximum Gasteiger partial charge on any atom is 0.255 e. The Hall–Kier alpha value is -4.39. The second-order valence-electron chi connectivity index (χ2n) is 9.09. The molecule has 0 atom stereocenters. The predicted molar refractivity (Wildman–Crippen MR) is 133 cm³/mol. The molecule has 5 rings (SSSR count). The molecule has 0 bridgehead atoms. The molecule has 0 unspecified atom stereocenters. The lowest BCUT2D eigenvalue weighted by Crippen LogP contribution is -2.14. The Labute approximate surface area is 197 Å². The van der Waals surface area contributed by atoms with Gasteiger partial charge in [0.1, 0.15) is 5.69 Å². The minimum Gasteiger partial charge on any atom is -0.322 e. The van der Waals surface area contributed by atoms with Crippen LogP contribution < -0.4 is 5.32 Å². The first-order valence-corrected chi connectivity index (χ1v) is 11.0. The fraction of sp³-hybridized carbons (Fsp3) is 0.148. The van der Waals surface area contributed by atoms with Gasteiger partial charge in [0.05, 0.1) is 5.69 Å². The molecule has 0 saturated heterocycles. The number of aromatic nitrogens is 5. The van der Waals surface area contributed by atoms with Gasteiger partial charge in [-0.05, 0) is 59.5 Å². The highest BCUT2D eigenvalue weighted by Crippen LogP contribution is 2.24. The number of nitrogens with zero attached hydrogens (tertiary/aromatic N) is 5. The molecule has 7 nitrogen and oxygen atoms in total. The van der Waals surface area contributed by atoms with Gasteiger partial charge in [0, 0.05) is 23.0 Å². The highest BCUT2D eigenvalue weighted by Gasteiger charge is 2.15. The molecule has 0 radical (unpaired) electrons. The van der Waals surface area contributed by atoms with Gasteiger partial charge in [-0.1, -0.05) is 51.1 Å². The highest BCUT2D eigenvalue weighted by atomic mass is 16.1. The van der Waals surface area contributed by atoms with E-state index in [0.717, 1.165) is 11.3 Å². The fourth-order valence-corrected chi connectivity index (χ4v) is 3.65. The number of carbonyl (C=O) groups is 1. The third-order valence-corrected chi connectivity index (χ3v) is 5.61. The van der Waals surface area contributed by atoms with Crippen molar-refractivity contribution < 1.29 is 4.79 Å². The summed E-state index contributed by atoms with van der Waals surface area (Å²) in [4.78, 5) is 17.0. The van der Waals surface area contributed by atoms with Crippen molar-refractivity contribution in [2.75, 3.05) is 5.32 Å². The van der Waals surface area contributed by atoms with Crippen LogP contribution in [0.15, 0.2) is 85.1 Å². The first-order chi connectivity index (χ1) is 16.4. The Kier molecular flexibility index (Phi) is 5.37. The van der Waals surface area contributed by atoms with Gasteiger partial charge in [0.2, 0.25) is 5.82 Å². The number of rotatable bonds is 4. The van der Waals surface area contributed by atoms with Crippen molar-refractivity contribution in [3.05, 3.63) is 96.2 Å². The van der Waals surface area contributed by atoms with Crippen molar-refractivity contribution in [1.82, 2.24) is 24.8 Å². The molecule has 7 heteroatoms. The monoisotopic (exact) mass is 448 g/mol. The fourth-order valence-electron chi connectivity index (χ4n) is 3.65. The number of fused-ring (bicyclic) bond motifs is 1. The Bertz CT molecular complexity index is 1450. The largest absolute Gasteiger partial charge is 0.322 e. The van der Waals surface area contributed by atoms with E-state index in [2.05, 4.69) is 41.3 Å². The van der Waals surface area contributed by atoms with Crippen molar-refractivity contribution in [2.24, 2.45) is 0 Å². The van der Waals surface area contributed by atoms with E-state index in [0.29, 0.717) is 28.4 Å². The lowest BCUT2D eigenvalue weighted by atomic mass is 9.87. The summed E-state index contributed by atoms with van der Waals surface area (Å²) in [7, 11) is 0. The van der Waals surface area contributed by atoms with Crippen molar-refractivity contribution in [3.8, 4) is 22.8 Å². The molecule has 0 aliphatic heterocycles. The quantitative estimate of drug-likeness (QED) is 0.398. The van der Waals surface area contributed by atoms with E-state index in [1.54, 1.807) is 10.7 Å². The maximum atomic E-state index is 12.7. The minimum absolute atomic E-state index is 0.0486. The van der Waals surface area contributed by atoms with Crippen LogP contribution in [-0.2, 0) is 5.41 Å². The molecule has 1 amide bonds. The molecule has 168 valence electrons. The summed E-state index contributed by atoms with van der Waals surface area (Å²) in [5.41, 5.74) is 5.60. The molecular weight excluding hydrogens is 424 g/mol. The summed E-state index contributed by atoms with van der Waals surface area (Å²) in [6.07, 6.45) is 1.71. The number of hydrogen-bond acceptors (Lipinski definition) is 5. The van der Waals surface area contributed by atoms with E-state index < -0.39 is 0 Å². The van der Waals surface area contributed by atoms with Crippen molar-refractivity contribution in [2.45, 2.75) is 26.2 Å². The molecular formula is C27H24N6O. The van der Waals surface area contributed by atoms with Gasteiger partial charge in [0.25, 0.3) is 5.91 Å². The Balaban J connectivity index is 1.35. The number of carbonyl (C=O) groups excluding carboxylic acids is 1. The van der Waals surface area contributed by atoms with E-state index in [1.165, 1.54) is 5.56 Å². The molecule has 1 N–H and O–H groups in total. The Morgan fingerprint density at radius 3 is 2.26 bits per heavy atom. The SMILES string of the molecule is CC(C)(C)c1ccc(C(=O)Nc2ccc(-c3ccc4nnc(-c5ccccn5)n4n3)cc2)cc1. The van der Waals surface area contributed by atoms with Crippen LogP contribution in [0.3, 0.4) is 0 Å². The normalized spacial score (nSPS) is 11.5. The molecule has 0 fully saturated rings. The van der Waals surface area contributed by atoms with Gasteiger partial charge >= 0.3 is 0 Å². The molecule has 0 aliphatic carbocycles. The van der Waals surface area contributed by atoms with Gasteiger partial charge in [-0.15, -0.1) is 10.2 Å². The zero-order valence-electron chi connectivity index (χ0n) is 19.2. The first kappa shape index (κ1) is 21.5.